The van der Waals surface area contributed by atoms with E-state index >= 15 is 0 Å². The number of aromatic nitrogens is 1. The van der Waals surface area contributed by atoms with Gasteiger partial charge in [-0.3, -0.25) is 9.88 Å². The maximum Gasteiger partial charge on any atom is 0.415 e. The molecule has 1 radical (unpaired) electrons. The van der Waals surface area contributed by atoms with Gasteiger partial charge < -0.3 is 9.47 Å². The lowest BCUT2D eigenvalue weighted by molar-refractivity contribution is -0.142. The minimum Gasteiger partial charge on any atom is -0.459 e. The maximum atomic E-state index is 12.4. The summed E-state index contributed by atoms with van der Waals surface area (Å²) in [5, 5.41) is 0. The van der Waals surface area contributed by atoms with E-state index in [0.717, 1.165) is 5.56 Å². The minimum absolute atomic E-state index is 0.188. The van der Waals surface area contributed by atoms with Crippen LogP contribution < -0.4 is 0 Å². The highest BCUT2D eigenvalue weighted by Crippen LogP contribution is 2.35. The number of esters is 1. The molecule has 3 rings (SSSR count). The zero-order valence-electron chi connectivity index (χ0n) is 14.6. The number of hydrogen-bond acceptors (Lipinski definition) is 5. The summed E-state index contributed by atoms with van der Waals surface area (Å²) in [6.07, 6.45) is 5.03. The number of amides is 1. The van der Waals surface area contributed by atoms with Gasteiger partial charge in [-0.25, -0.2) is 9.59 Å². The molecule has 133 valence electrons. The third-order valence-electron chi connectivity index (χ3n) is 3.80. The molecule has 2 aromatic rings. The molecule has 1 saturated heterocycles. The molecule has 26 heavy (non-hydrogen) atoms. The highest BCUT2D eigenvalue weighted by molar-refractivity contribution is 5.92. The van der Waals surface area contributed by atoms with Crippen LogP contribution in [-0.2, 0) is 14.3 Å². The summed E-state index contributed by atoms with van der Waals surface area (Å²) < 4.78 is 10.4. The van der Waals surface area contributed by atoms with Gasteiger partial charge in [0.2, 0.25) is 0 Å². The van der Waals surface area contributed by atoms with Crippen LogP contribution in [0, 0.1) is 6.08 Å². The number of hydrogen-bond donors (Lipinski definition) is 0. The molecule has 1 aromatic carbocycles. The van der Waals surface area contributed by atoms with Crippen molar-refractivity contribution < 1.29 is 19.1 Å². The van der Waals surface area contributed by atoms with Gasteiger partial charge in [0.05, 0.1) is 17.8 Å². The molecule has 1 aliphatic heterocycles. The molecule has 0 N–H and O–H groups in total. The van der Waals surface area contributed by atoms with E-state index in [1.165, 1.54) is 4.90 Å². The van der Waals surface area contributed by atoms with Gasteiger partial charge >= 0.3 is 12.1 Å². The van der Waals surface area contributed by atoms with E-state index in [-0.39, 0.29) is 24.4 Å². The van der Waals surface area contributed by atoms with E-state index < -0.39 is 12.1 Å². The Balaban J connectivity index is 2.03. The van der Waals surface area contributed by atoms with Crippen LogP contribution in [0.25, 0.3) is 5.70 Å². The Hall–Kier alpha value is -3.15. The van der Waals surface area contributed by atoms with E-state index in [1.54, 1.807) is 38.4 Å². The molecule has 1 fully saturated rings. The fourth-order valence-electron chi connectivity index (χ4n) is 2.70. The molecule has 0 aliphatic carbocycles. The summed E-state index contributed by atoms with van der Waals surface area (Å²) >= 11 is 0. The van der Waals surface area contributed by atoms with E-state index in [1.807, 2.05) is 30.3 Å². The largest absolute Gasteiger partial charge is 0.459 e. The monoisotopic (exact) mass is 351 g/mol. The molecule has 1 aromatic heterocycles. The first-order chi connectivity index (χ1) is 12.6. The van der Waals surface area contributed by atoms with Gasteiger partial charge in [0, 0.05) is 18.0 Å². The van der Waals surface area contributed by atoms with Crippen molar-refractivity contribution in [2.45, 2.75) is 26.0 Å². The van der Waals surface area contributed by atoms with Crippen molar-refractivity contribution in [3.8, 4) is 0 Å². The van der Waals surface area contributed by atoms with Crippen molar-refractivity contribution in [2.24, 2.45) is 0 Å². The van der Waals surface area contributed by atoms with Crippen molar-refractivity contribution in [1.82, 2.24) is 9.88 Å². The topological polar surface area (TPSA) is 68.7 Å². The second-order valence-corrected chi connectivity index (χ2v) is 6.04. The summed E-state index contributed by atoms with van der Waals surface area (Å²) in [6, 6.07) is 12.6. The lowest BCUT2D eigenvalue weighted by atomic mass is 10.0. The third-order valence-corrected chi connectivity index (χ3v) is 3.80. The van der Waals surface area contributed by atoms with Gasteiger partial charge in [0.25, 0.3) is 0 Å². The third kappa shape index (κ3) is 3.91. The minimum atomic E-state index is -0.648. The molecule has 0 bridgehead atoms. The second kappa shape index (κ2) is 7.82. The van der Waals surface area contributed by atoms with Gasteiger partial charge in [-0.15, -0.1) is 0 Å². The second-order valence-electron chi connectivity index (χ2n) is 6.04. The van der Waals surface area contributed by atoms with Crippen LogP contribution in [0.3, 0.4) is 0 Å². The Morgan fingerprint density at radius 2 is 2.04 bits per heavy atom. The quantitative estimate of drug-likeness (QED) is 0.610. The summed E-state index contributed by atoms with van der Waals surface area (Å²) in [4.78, 5) is 30.1. The molecule has 2 heterocycles. The van der Waals surface area contributed by atoms with Gasteiger partial charge in [0.1, 0.15) is 12.7 Å². The van der Waals surface area contributed by atoms with Crippen LogP contribution in [0.5, 0.6) is 0 Å². The smallest absolute Gasteiger partial charge is 0.415 e. The van der Waals surface area contributed by atoms with Crippen LogP contribution in [0.15, 0.2) is 54.9 Å². The number of rotatable bonds is 5. The zero-order valence-corrected chi connectivity index (χ0v) is 14.6. The highest BCUT2D eigenvalue weighted by Gasteiger charge is 2.37. The molecule has 0 unspecified atom stereocenters. The van der Waals surface area contributed by atoms with Crippen molar-refractivity contribution >= 4 is 17.8 Å². The predicted molar refractivity (Wildman–Crippen MR) is 94.5 cm³/mol. The Kier molecular flexibility index (Phi) is 5.31. The van der Waals surface area contributed by atoms with E-state index in [4.69, 9.17) is 9.47 Å². The molecule has 0 saturated carbocycles. The van der Waals surface area contributed by atoms with Crippen LogP contribution in [-0.4, -0.2) is 34.7 Å². The molecular weight excluding hydrogens is 332 g/mol. The number of pyridine rings is 1. The Morgan fingerprint density at radius 3 is 2.69 bits per heavy atom. The zero-order chi connectivity index (χ0) is 18.5. The molecule has 6 heteroatoms. The van der Waals surface area contributed by atoms with E-state index in [0.29, 0.717) is 5.56 Å². The Labute approximate surface area is 152 Å². The first-order valence-corrected chi connectivity index (χ1v) is 8.32. The average molecular weight is 351 g/mol. The summed E-state index contributed by atoms with van der Waals surface area (Å²) in [5.41, 5.74) is 1.76. The van der Waals surface area contributed by atoms with Gasteiger partial charge in [0.15, 0.2) is 0 Å². The fourth-order valence-corrected chi connectivity index (χ4v) is 2.70. The molecule has 1 atom stereocenters. The van der Waals surface area contributed by atoms with E-state index in [9.17, 15) is 9.59 Å². The number of ether oxygens (including phenoxy) is 2. The predicted octanol–water partition coefficient (Wildman–Crippen LogP) is 3.37. The normalized spacial score (nSPS) is 17.3. The molecule has 1 aliphatic rings. The lowest BCUT2D eigenvalue weighted by Gasteiger charge is -2.24. The molecular formula is C20H19N2O4. The Bertz CT molecular complexity index is 803. The van der Waals surface area contributed by atoms with Crippen molar-refractivity contribution in [2.75, 3.05) is 6.61 Å². The summed E-state index contributed by atoms with van der Waals surface area (Å²) in [6.45, 7) is 3.69. The maximum absolute atomic E-state index is 12.4. The van der Waals surface area contributed by atoms with Crippen molar-refractivity contribution in [3.05, 3.63) is 72.1 Å². The van der Waals surface area contributed by atoms with Crippen LogP contribution in [0.1, 0.15) is 31.0 Å². The summed E-state index contributed by atoms with van der Waals surface area (Å²) in [7, 11) is 0. The fraction of sp³-hybridized carbons (Fsp3) is 0.250. The van der Waals surface area contributed by atoms with Crippen LogP contribution >= 0.6 is 0 Å². The van der Waals surface area contributed by atoms with Crippen LogP contribution in [0.2, 0.25) is 0 Å². The SMILES string of the molecule is CC(C)OC(=O)[C]=C(c1cccnc1)N1C(=O)OC[C@H]1c1ccccc1. The first kappa shape index (κ1) is 17.7. The Morgan fingerprint density at radius 1 is 1.27 bits per heavy atom. The number of nitrogens with zero attached hydrogens (tertiary/aromatic N) is 2. The van der Waals surface area contributed by atoms with Gasteiger partial charge in [-0.2, -0.15) is 0 Å². The number of cyclic esters (lactones) is 1. The lowest BCUT2D eigenvalue weighted by Crippen LogP contribution is -2.27. The van der Waals surface area contributed by atoms with Crippen molar-refractivity contribution in [1.29, 1.82) is 0 Å². The highest BCUT2D eigenvalue weighted by atomic mass is 16.6. The average Bonchev–Trinajstić information content (AvgIpc) is 3.02. The number of carbonyl (C=O) groups excluding carboxylic acids is 2. The standard InChI is InChI=1S/C20H19N2O4/c1-14(2)26-19(23)11-17(16-9-6-10-21-12-16)22-18(13-25-20(22)24)15-7-4-3-5-8-15/h3-10,12,14,18H,13H2,1-2H3/t18-/m0/s1. The molecule has 6 nitrogen and oxygen atoms in total. The van der Waals surface area contributed by atoms with Crippen molar-refractivity contribution in [3.63, 3.8) is 0 Å². The van der Waals surface area contributed by atoms with E-state index in [2.05, 4.69) is 11.1 Å². The molecule has 1 amide bonds. The van der Waals surface area contributed by atoms with Crippen LogP contribution in [0.4, 0.5) is 4.79 Å². The number of benzene rings is 1. The van der Waals surface area contributed by atoms with Gasteiger partial charge in [-0.05, 0) is 31.5 Å². The summed E-state index contributed by atoms with van der Waals surface area (Å²) in [5.74, 6) is -0.648. The number of carbonyl (C=O) groups is 2. The first-order valence-electron chi connectivity index (χ1n) is 8.32. The molecule has 0 spiro atoms. The van der Waals surface area contributed by atoms with Gasteiger partial charge in [-0.1, -0.05) is 30.3 Å².